The van der Waals surface area contributed by atoms with E-state index in [1.165, 1.54) is 0 Å². The molecular formula is C9H11NO2. The van der Waals surface area contributed by atoms with Gasteiger partial charge in [0.25, 0.3) is 0 Å². The van der Waals surface area contributed by atoms with Crippen LogP contribution >= 0.6 is 0 Å². The fourth-order valence-electron chi connectivity index (χ4n) is 1.43. The molecule has 1 aliphatic carbocycles. The van der Waals surface area contributed by atoms with E-state index in [2.05, 4.69) is 0 Å². The molecule has 0 aromatic rings. The van der Waals surface area contributed by atoms with Gasteiger partial charge in [-0.1, -0.05) is 13.0 Å². The largest absolute Gasteiger partial charge is 0.457 e. The van der Waals surface area contributed by atoms with E-state index in [1.807, 2.05) is 19.1 Å². The van der Waals surface area contributed by atoms with E-state index < -0.39 is 0 Å². The molecule has 0 bridgehead atoms. The Morgan fingerprint density at radius 2 is 2.33 bits per heavy atom. The first-order valence-electron chi connectivity index (χ1n) is 3.92. The minimum absolute atomic E-state index is 0.220. The van der Waals surface area contributed by atoms with Crippen molar-refractivity contribution >= 4 is 0 Å². The number of allylic oxidation sites excluding steroid dienone is 3. The summed E-state index contributed by atoms with van der Waals surface area (Å²) in [6.07, 6.45) is 5.45. The lowest BCUT2D eigenvalue weighted by molar-refractivity contribution is 0.0693. The first kappa shape index (κ1) is 7.28. The number of hydrogen-bond donors (Lipinski definition) is 1. The lowest BCUT2D eigenvalue weighted by Gasteiger charge is -2.15. The molecule has 1 heterocycles. The highest BCUT2D eigenvalue weighted by molar-refractivity contribution is 5.38. The highest BCUT2D eigenvalue weighted by atomic mass is 16.7. The molecule has 0 saturated carbocycles. The van der Waals surface area contributed by atoms with Gasteiger partial charge in [-0.25, -0.2) is 0 Å². The Hall–Kier alpha value is -1.38. The Morgan fingerprint density at radius 3 is 3.08 bits per heavy atom. The van der Waals surface area contributed by atoms with Crippen LogP contribution in [0.1, 0.15) is 6.92 Å². The van der Waals surface area contributed by atoms with Gasteiger partial charge in [0.05, 0.1) is 0 Å². The molecule has 2 aliphatic rings. The van der Waals surface area contributed by atoms with E-state index in [-0.39, 0.29) is 5.92 Å². The summed E-state index contributed by atoms with van der Waals surface area (Å²) in [6, 6.07) is 0. The van der Waals surface area contributed by atoms with Crippen LogP contribution in [-0.2, 0) is 9.47 Å². The number of nitrogens with two attached hydrogens (primary N) is 1. The van der Waals surface area contributed by atoms with E-state index in [1.54, 1.807) is 6.20 Å². The molecule has 64 valence electrons. The second-order valence-corrected chi connectivity index (χ2v) is 2.86. The van der Waals surface area contributed by atoms with Crippen molar-refractivity contribution < 1.29 is 9.47 Å². The van der Waals surface area contributed by atoms with E-state index in [0.29, 0.717) is 6.79 Å². The molecule has 0 saturated heterocycles. The Morgan fingerprint density at radius 1 is 1.50 bits per heavy atom. The van der Waals surface area contributed by atoms with Crippen LogP contribution in [0.15, 0.2) is 35.4 Å². The topological polar surface area (TPSA) is 44.5 Å². The van der Waals surface area contributed by atoms with Gasteiger partial charge in [0.15, 0.2) is 5.76 Å². The second kappa shape index (κ2) is 2.59. The molecule has 2 rings (SSSR count). The summed E-state index contributed by atoms with van der Waals surface area (Å²) in [4.78, 5) is 0. The van der Waals surface area contributed by atoms with Gasteiger partial charge in [-0.15, -0.1) is 0 Å². The van der Waals surface area contributed by atoms with Crippen molar-refractivity contribution in [1.29, 1.82) is 0 Å². The van der Waals surface area contributed by atoms with Crippen molar-refractivity contribution in [2.24, 2.45) is 11.7 Å². The highest BCUT2D eigenvalue weighted by Crippen LogP contribution is 2.33. The predicted molar refractivity (Wildman–Crippen MR) is 44.6 cm³/mol. The van der Waals surface area contributed by atoms with Crippen molar-refractivity contribution in [3.63, 3.8) is 0 Å². The summed E-state index contributed by atoms with van der Waals surface area (Å²) in [5.41, 5.74) is 6.51. The molecule has 0 radical (unpaired) electrons. The highest BCUT2D eigenvalue weighted by Gasteiger charge is 2.26. The van der Waals surface area contributed by atoms with Crippen LogP contribution in [0, 0.1) is 5.92 Å². The monoisotopic (exact) mass is 165 g/mol. The Balaban J connectivity index is 2.35. The summed E-state index contributed by atoms with van der Waals surface area (Å²) in [7, 11) is 0. The molecule has 0 aromatic heterocycles. The summed E-state index contributed by atoms with van der Waals surface area (Å²) in [5, 5.41) is 0. The van der Waals surface area contributed by atoms with Gasteiger partial charge in [-0.2, -0.15) is 0 Å². The molecule has 0 spiro atoms. The summed E-state index contributed by atoms with van der Waals surface area (Å²) in [5.74, 6) is 1.96. The molecule has 0 aromatic carbocycles. The smallest absolute Gasteiger partial charge is 0.230 e. The average molecular weight is 165 g/mol. The van der Waals surface area contributed by atoms with Gasteiger partial charge in [-0.3, -0.25) is 0 Å². The van der Waals surface area contributed by atoms with Gasteiger partial charge in [0.2, 0.25) is 6.79 Å². The maximum Gasteiger partial charge on any atom is 0.230 e. The molecular weight excluding hydrogens is 154 g/mol. The fourth-order valence-corrected chi connectivity index (χ4v) is 1.43. The fraction of sp³-hybridized carbons (Fsp3) is 0.333. The predicted octanol–water partition coefficient (Wildman–Crippen LogP) is 1.25. The van der Waals surface area contributed by atoms with Crippen molar-refractivity contribution in [2.45, 2.75) is 6.92 Å². The maximum atomic E-state index is 5.44. The summed E-state index contributed by atoms with van der Waals surface area (Å²) >= 11 is 0. The Kier molecular flexibility index (Phi) is 1.57. The van der Waals surface area contributed by atoms with Crippen molar-refractivity contribution in [3.05, 3.63) is 35.4 Å². The third-order valence-corrected chi connectivity index (χ3v) is 2.18. The van der Waals surface area contributed by atoms with Gasteiger partial charge >= 0.3 is 0 Å². The second-order valence-electron chi connectivity index (χ2n) is 2.86. The first-order valence-corrected chi connectivity index (χ1v) is 3.92. The minimum atomic E-state index is 0.220. The van der Waals surface area contributed by atoms with Gasteiger partial charge in [0, 0.05) is 5.92 Å². The zero-order valence-electron chi connectivity index (χ0n) is 6.91. The molecule has 1 unspecified atom stereocenters. The van der Waals surface area contributed by atoms with Crippen LogP contribution in [0.5, 0.6) is 0 Å². The van der Waals surface area contributed by atoms with Gasteiger partial charge < -0.3 is 15.2 Å². The van der Waals surface area contributed by atoms with E-state index >= 15 is 0 Å². The van der Waals surface area contributed by atoms with Gasteiger partial charge in [0.1, 0.15) is 5.76 Å². The van der Waals surface area contributed by atoms with Crippen LogP contribution in [0.4, 0.5) is 0 Å². The first-order chi connectivity index (χ1) is 5.83. The molecule has 12 heavy (non-hydrogen) atoms. The van der Waals surface area contributed by atoms with Crippen LogP contribution in [0.2, 0.25) is 0 Å². The number of hydrogen-bond acceptors (Lipinski definition) is 3. The molecule has 1 atom stereocenters. The standard InChI is InChI=1S/C9H11NO2/c1-6-7(4-10)2-3-8-9(6)12-5-11-8/h2-4,6H,5,10H2,1H3/b7-4+. The minimum Gasteiger partial charge on any atom is -0.457 e. The van der Waals surface area contributed by atoms with Crippen molar-refractivity contribution in [2.75, 3.05) is 6.79 Å². The molecule has 0 amide bonds. The van der Waals surface area contributed by atoms with E-state index in [0.717, 1.165) is 17.1 Å². The zero-order valence-corrected chi connectivity index (χ0v) is 6.91. The Labute approximate surface area is 71.1 Å². The summed E-state index contributed by atoms with van der Waals surface area (Å²) in [6.45, 7) is 2.38. The lowest BCUT2D eigenvalue weighted by Crippen LogP contribution is -2.08. The molecule has 3 nitrogen and oxygen atoms in total. The third kappa shape index (κ3) is 0.897. The maximum absolute atomic E-state index is 5.44. The van der Waals surface area contributed by atoms with Crippen LogP contribution in [-0.4, -0.2) is 6.79 Å². The molecule has 1 aliphatic heterocycles. The zero-order chi connectivity index (χ0) is 8.55. The van der Waals surface area contributed by atoms with Crippen LogP contribution in [0.25, 0.3) is 0 Å². The van der Waals surface area contributed by atoms with E-state index in [9.17, 15) is 0 Å². The molecule has 2 N–H and O–H groups in total. The average Bonchev–Trinajstić information content (AvgIpc) is 2.53. The number of ether oxygens (including phenoxy) is 2. The Bertz CT molecular complexity index is 289. The third-order valence-electron chi connectivity index (χ3n) is 2.18. The normalized spacial score (nSPS) is 30.1. The van der Waals surface area contributed by atoms with Crippen molar-refractivity contribution in [3.8, 4) is 0 Å². The molecule has 3 heteroatoms. The van der Waals surface area contributed by atoms with Crippen molar-refractivity contribution in [1.82, 2.24) is 0 Å². The lowest BCUT2D eigenvalue weighted by atomic mass is 9.94. The number of rotatable bonds is 0. The summed E-state index contributed by atoms with van der Waals surface area (Å²) < 4.78 is 10.5. The van der Waals surface area contributed by atoms with Crippen LogP contribution in [0.3, 0.4) is 0 Å². The quantitative estimate of drug-likeness (QED) is 0.587. The van der Waals surface area contributed by atoms with Gasteiger partial charge in [-0.05, 0) is 17.8 Å². The van der Waals surface area contributed by atoms with E-state index in [4.69, 9.17) is 15.2 Å². The van der Waals surface area contributed by atoms with Crippen LogP contribution < -0.4 is 5.73 Å². The SMILES string of the molecule is CC1C2=C(C=C/C1=C\N)OCO2. The molecule has 0 fully saturated rings.